The van der Waals surface area contributed by atoms with E-state index >= 15 is 0 Å². The summed E-state index contributed by atoms with van der Waals surface area (Å²) in [5.74, 6) is 0.362. The molecule has 0 bridgehead atoms. The number of ether oxygens (including phenoxy) is 1. The van der Waals surface area contributed by atoms with Gasteiger partial charge < -0.3 is 15.8 Å². The van der Waals surface area contributed by atoms with Crippen molar-refractivity contribution < 1.29 is 9.53 Å². The van der Waals surface area contributed by atoms with Crippen molar-refractivity contribution >= 4 is 18.3 Å². The fourth-order valence-corrected chi connectivity index (χ4v) is 2.90. The van der Waals surface area contributed by atoms with Crippen LogP contribution in [-0.2, 0) is 9.53 Å². The molecule has 2 atom stereocenters. The number of nitrogens with one attached hydrogen (secondary N) is 1. The first kappa shape index (κ1) is 16.7. The standard InChI is InChI=1S/C14H26N2O2.ClH/c1-18-8-7-14(5-6-14)10-16-13(17)11-3-2-4-12(15)9-11;/h11-12H,2-10,15H2,1H3,(H,16,17);1H. The van der Waals surface area contributed by atoms with E-state index in [0.29, 0.717) is 5.41 Å². The first-order chi connectivity index (χ1) is 8.65. The number of rotatable bonds is 6. The van der Waals surface area contributed by atoms with Gasteiger partial charge in [0.2, 0.25) is 5.91 Å². The second kappa shape index (κ2) is 7.46. The zero-order chi connectivity index (χ0) is 13.0. The predicted molar refractivity (Wildman–Crippen MR) is 78.4 cm³/mol. The average molecular weight is 291 g/mol. The Morgan fingerprint density at radius 1 is 1.42 bits per heavy atom. The highest BCUT2D eigenvalue weighted by Gasteiger charge is 2.42. The third kappa shape index (κ3) is 4.93. The summed E-state index contributed by atoms with van der Waals surface area (Å²) in [6, 6.07) is 0.220. The largest absolute Gasteiger partial charge is 0.385 e. The van der Waals surface area contributed by atoms with Crippen molar-refractivity contribution in [3.05, 3.63) is 0 Å². The molecule has 0 aromatic heterocycles. The molecule has 4 nitrogen and oxygen atoms in total. The molecule has 3 N–H and O–H groups in total. The minimum atomic E-state index is 0. The van der Waals surface area contributed by atoms with Crippen LogP contribution in [0.3, 0.4) is 0 Å². The van der Waals surface area contributed by atoms with Gasteiger partial charge in [-0.1, -0.05) is 6.42 Å². The van der Waals surface area contributed by atoms with Crippen LogP contribution in [0.5, 0.6) is 0 Å². The molecule has 0 spiro atoms. The second-order valence-electron chi connectivity index (χ2n) is 6.08. The SMILES string of the molecule is COCCC1(CNC(=O)C2CCCC(N)C2)CC1.Cl. The summed E-state index contributed by atoms with van der Waals surface area (Å²) in [6.45, 7) is 1.62. The minimum absolute atomic E-state index is 0. The normalized spacial score (nSPS) is 28.3. The highest BCUT2D eigenvalue weighted by Crippen LogP contribution is 2.48. The van der Waals surface area contributed by atoms with Crippen LogP contribution in [0.25, 0.3) is 0 Å². The zero-order valence-electron chi connectivity index (χ0n) is 11.8. The lowest BCUT2D eigenvalue weighted by molar-refractivity contribution is -0.126. The van der Waals surface area contributed by atoms with Gasteiger partial charge in [-0.15, -0.1) is 12.4 Å². The third-order valence-electron chi connectivity index (χ3n) is 4.52. The monoisotopic (exact) mass is 290 g/mol. The van der Waals surface area contributed by atoms with Gasteiger partial charge in [-0.05, 0) is 43.9 Å². The summed E-state index contributed by atoms with van der Waals surface area (Å²) in [5, 5.41) is 3.13. The molecule has 2 saturated carbocycles. The maximum Gasteiger partial charge on any atom is 0.223 e. The van der Waals surface area contributed by atoms with Crippen molar-refractivity contribution in [3.63, 3.8) is 0 Å². The summed E-state index contributed by atoms with van der Waals surface area (Å²) in [6.07, 6.45) is 7.53. The number of carbonyl (C=O) groups excluding carboxylic acids is 1. The molecule has 112 valence electrons. The Bertz CT molecular complexity index is 295. The van der Waals surface area contributed by atoms with E-state index in [-0.39, 0.29) is 30.3 Å². The third-order valence-corrected chi connectivity index (χ3v) is 4.52. The lowest BCUT2D eigenvalue weighted by Gasteiger charge is -2.26. The Balaban J connectivity index is 0.00000180. The van der Waals surface area contributed by atoms with Crippen molar-refractivity contribution in [2.45, 2.75) is 51.0 Å². The molecule has 0 aromatic carbocycles. The Hall–Kier alpha value is -0.320. The van der Waals surface area contributed by atoms with Crippen LogP contribution in [-0.4, -0.2) is 32.2 Å². The number of hydrogen-bond acceptors (Lipinski definition) is 3. The van der Waals surface area contributed by atoms with E-state index in [1.807, 2.05) is 0 Å². The van der Waals surface area contributed by atoms with Crippen LogP contribution in [0.4, 0.5) is 0 Å². The van der Waals surface area contributed by atoms with Crippen LogP contribution in [0.1, 0.15) is 44.9 Å². The lowest BCUT2D eigenvalue weighted by atomic mass is 9.85. The van der Waals surface area contributed by atoms with E-state index in [2.05, 4.69) is 5.32 Å². The van der Waals surface area contributed by atoms with E-state index in [1.165, 1.54) is 12.8 Å². The van der Waals surface area contributed by atoms with Gasteiger partial charge in [0.1, 0.15) is 0 Å². The van der Waals surface area contributed by atoms with Crippen molar-refractivity contribution in [2.75, 3.05) is 20.3 Å². The molecular formula is C14H27ClN2O2. The second-order valence-corrected chi connectivity index (χ2v) is 6.08. The molecule has 0 aliphatic heterocycles. The quantitative estimate of drug-likeness (QED) is 0.785. The van der Waals surface area contributed by atoms with Crippen LogP contribution in [0.2, 0.25) is 0 Å². The molecule has 2 unspecified atom stereocenters. The van der Waals surface area contributed by atoms with Crippen molar-refractivity contribution in [1.82, 2.24) is 5.32 Å². The molecule has 0 saturated heterocycles. The minimum Gasteiger partial charge on any atom is -0.385 e. The topological polar surface area (TPSA) is 64.3 Å². The fourth-order valence-electron chi connectivity index (χ4n) is 2.90. The van der Waals surface area contributed by atoms with Crippen molar-refractivity contribution in [1.29, 1.82) is 0 Å². The summed E-state index contributed by atoms with van der Waals surface area (Å²) in [4.78, 5) is 12.1. The predicted octanol–water partition coefficient (Wildman–Crippen LogP) is 1.86. The highest BCUT2D eigenvalue weighted by atomic mass is 35.5. The van der Waals surface area contributed by atoms with Gasteiger partial charge in [0.25, 0.3) is 0 Å². The highest BCUT2D eigenvalue weighted by molar-refractivity contribution is 5.85. The average Bonchev–Trinajstić information content (AvgIpc) is 3.14. The first-order valence-corrected chi connectivity index (χ1v) is 7.17. The van der Waals surface area contributed by atoms with Gasteiger partial charge in [0, 0.05) is 32.2 Å². The summed E-state index contributed by atoms with van der Waals surface area (Å²) in [5.41, 5.74) is 6.26. The number of nitrogens with two attached hydrogens (primary N) is 1. The van der Waals surface area contributed by atoms with Crippen LogP contribution in [0.15, 0.2) is 0 Å². The molecule has 0 heterocycles. The lowest BCUT2D eigenvalue weighted by Crippen LogP contribution is -2.40. The van der Waals surface area contributed by atoms with E-state index in [4.69, 9.17) is 10.5 Å². The van der Waals surface area contributed by atoms with Crippen molar-refractivity contribution in [3.8, 4) is 0 Å². The summed E-state index contributed by atoms with van der Waals surface area (Å²) < 4.78 is 5.13. The van der Waals surface area contributed by atoms with E-state index in [9.17, 15) is 4.79 Å². The Morgan fingerprint density at radius 2 is 2.16 bits per heavy atom. The van der Waals surface area contributed by atoms with Crippen LogP contribution >= 0.6 is 12.4 Å². The van der Waals surface area contributed by atoms with E-state index in [0.717, 1.165) is 45.3 Å². The van der Waals surface area contributed by atoms with E-state index < -0.39 is 0 Å². The maximum absolute atomic E-state index is 12.1. The molecule has 2 fully saturated rings. The molecular weight excluding hydrogens is 264 g/mol. The van der Waals surface area contributed by atoms with Gasteiger partial charge >= 0.3 is 0 Å². The number of carbonyl (C=O) groups is 1. The number of amides is 1. The summed E-state index contributed by atoms with van der Waals surface area (Å²) in [7, 11) is 1.73. The van der Waals surface area contributed by atoms with Crippen molar-refractivity contribution in [2.24, 2.45) is 17.1 Å². The number of hydrogen-bond donors (Lipinski definition) is 2. The first-order valence-electron chi connectivity index (χ1n) is 7.17. The van der Waals surface area contributed by atoms with Crippen LogP contribution < -0.4 is 11.1 Å². The number of halogens is 1. The van der Waals surface area contributed by atoms with Gasteiger partial charge in [0.15, 0.2) is 0 Å². The molecule has 19 heavy (non-hydrogen) atoms. The van der Waals surface area contributed by atoms with Crippen LogP contribution in [0, 0.1) is 11.3 Å². The molecule has 5 heteroatoms. The smallest absolute Gasteiger partial charge is 0.223 e. The Morgan fingerprint density at radius 3 is 2.74 bits per heavy atom. The molecule has 1 amide bonds. The number of methoxy groups -OCH3 is 1. The summed E-state index contributed by atoms with van der Waals surface area (Å²) >= 11 is 0. The fraction of sp³-hybridized carbons (Fsp3) is 0.929. The molecule has 0 radical (unpaired) electrons. The Labute approximate surface area is 122 Å². The zero-order valence-corrected chi connectivity index (χ0v) is 12.6. The van der Waals surface area contributed by atoms with Gasteiger partial charge in [0.05, 0.1) is 0 Å². The van der Waals surface area contributed by atoms with Gasteiger partial charge in [-0.25, -0.2) is 0 Å². The Kier molecular flexibility index (Phi) is 6.57. The maximum atomic E-state index is 12.1. The van der Waals surface area contributed by atoms with Gasteiger partial charge in [-0.2, -0.15) is 0 Å². The van der Waals surface area contributed by atoms with E-state index in [1.54, 1.807) is 7.11 Å². The molecule has 2 aliphatic rings. The molecule has 2 rings (SSSR count). The molecule has 2 aliphatic carbocycles. The molecule has 0 aromatic rings. The van der Waals surface area contributed by atoms with Gasteiger partial charge in [-0.3, -0.25) is 4.79 Å².